The Morgan fingerprint density at radius 3 is 2.87 bits per heavy atom. The second kappa shape index (κ2) is 6.59. The smallest absolute Gasteiger partial charge is 0.254 e. The second-order valence-corrected chi connectivity index (χ2v) is 6.08. The first-order valence-electron chi connectivity index (χ1n) is 7.47. The van der Waals surface area contributed by atoms with Gasteiger partial charge in [0.15, 0.2) is 11.6 Å². The zero-order chi connectivity index (χ0) is 16.4. The van der Waals surface area contributed by atoms with E-state index >= 15 is 0 Å². The maximum atomic E-state index is 13.5. The van der Waals surface area contributed by atoms with E-state index in [-0.39, 0.29) is 17.6 Å². The number of benzene rings is 2. The molecule has 0 spiro atoms. The van der Waals surface area contributed by atoms with Gasteiger partial charge >= 0.3 is 0 Å². The van der Waals surface area contributed by atoms with E-state index < -0.39 is 5.82 Å². The van der Waals surface area contributed by atoms with Gasteiger partial charge in [-0.15, -0.1) is 0 Å². The summed E-state index contributed by atoms with van der Waals surface area (Å²) in [6.45, 7) is 1.31. The zero-order valence-corrected chi connectivity index (χ0v) is 13.5. The van der Waals surface area contributed by atoms with Crippen LogP contribution in [0.2, 0.25) is 5.02 Å². The highest BCUT2D eigenvalue weighted by atomic mass is 35.5. The molecule has 0 bridgehead atoms. The summed E-state index contributed by atoms with van der Waals surface area (Å²) in [5.41, 5.74) is 1.58. The van der Waals surface area contributed by atoms with Gasteiger partial charge in [0.05, 0.1) is 7.11 Å². The Hall–Kier alpha value is -2.07. The topological polar surface area (TPSA) is 29.5 Å². The first-order chi connectivity index (χ1) is 11.1. The lowest BCUT2D eigenvalue weighted by Crippen LogP contribution is -2.28. The molecule has 0 N–H and O–H groups in total. The number of rotatable bonds is 3. The van der Waals surface area contributed by atoms with E-state index in [1.165, 1.54) is 25.3 Å². The van der Waals surface area contributed by atoms with Crippen LogP contribution in [0.4, 0.5) is 4.39 Å². The average Bonchev–Trinajstić information content (AvgIpc) is 3.04. The van der Waals surface area contributed by atoms with Crippen LogP contribution in [-0.2, 0) is 0 Å². The Balaban J connectivity index is 1.75. The number of methoxy groups -OCH3 is 1. The Kier molecular flexibility index (Phi) is 4.53. The molecule has 1 aliphatic heterocycles. The van der Waals surface area contributed by atoms with Crippen LogP contribution in [0.1, 0.15) is 28.3 Å². The van der Waals surface area contributed by atoms with Gasteiger partial charge in [-0.1, -0.05) is 23.7 Å². The first-order valence-corrected chi connectivity index (χ1v) is 7.84. The van der Waals surface area contributed by atoms with Gasteiger partial charge in [0.25, 0.3) is 5.91 Å². The lowest BCUT2D eigenvalue weighted by atomic mass is 9.99. The molecule has 0 saturated carbocycles. The predicted octanol–water partition coefficient (Wildman–Crippen LogP) is 4.12. The first kappa shape index (κ1) is 15.8. The van der Waals surface area contributed by atoms with Crippen molar-refractivity contribution < 1.29 is 13.9 Å². The van der Waals surface area contributed by atoms with Gasteiger partial charge in [-0.05, 0) is 42.3 Å². The van der Waals surface area contributed by atoms with Gasteiger partial charge in [0.2, 0.25) is 0 Å². The third-order valence-corrected chi connectivity index (χ3v) is 4.43. The van der Waals surface area contributed by atoms with Crippen molar-refractivity contribution in [1.82, 2.24) is 4.90 Å². The third-order valence-electron chi connectivity index (χ3n) is 4.19. The summed E-state index contributed by atoms with van der Waals surface area (Å²) in [4.78, 5) is 14.4. The highest BCUT2D eigenvalue weighted by molar-refractivity contribution is 6.30. The fourth-order valence-electron chi connectivity index (χ4n) is 2.95. The molecule has 2 aromatic rings. The number of hydrogen-bond acceptors (Lipinski definition) is 2. The molecular weight excluding hydrogens is 317 g/mol. The molecule has 1 heterocycles. The summed E-state index contributed by atoms with van der Waals surface area (Å²) >= 11 is 6.04. The second-order valence-electron chi connectivity index (χ2n) is 5.64. The van der Waals surface area contributed by atoms with Gasteiger partial charge in [-0.3, -0.25) is 4.79 Å². The highest BCUT2D eigenvalue weighted by Gasteiger charge is 2.28. The highest BCUT2D eigenvalue weighted by Crippen LogP contribution is 2.30. The Labute approximate surface area is 139 Å². The summed E-state index contributed by atoms with van der Waals surface area (Å²) in [7, 11) is 1.39. The fourth-order valence-corrected chi connectivity index (χ4v) is 3.15. The maximum Gasteiger partial charge on any atom is 0.254 e. The normalized spacial score (nSPS) is 17.3. The summed E-state index contributed by atoms with van der Waals surface area (Å²) in [5, 5.41) is 0.704. The number of nitrogens with zero attached hydrogens (tertiary/aromatic N) is 1. The van der Waals surface area contributed by atoms with E-state index in [4.69, 9.17) is 16.3 Å². The standard InChI is InChI=1S/C18H17ClFNO2/c1-23-17-10-13(5-6-16(17)20)18(22)21-8-7-14(11-21)12-3-2-4-15(19)9-12/h2-6,9-10,14H,7-8,11H2,1H3. The SMILES string of the molecule is COc1cc(C(=O)N2CCC(c3cccc(Cl)c3)C2)ccc1F. The molecule has 5 heteroatoms. The van der Waals surface area contributed by atoms with Crippen LogP contribution in [0.15, 0.2) is 42.5 Å². The van der Waals surface area contributed by atoms with Crippen LogP contribution in [-0.4, -0.2) is 31.0 Å². The number of ether oxygens (including phenoxy) is 1. The van der Waals surface area contributed by atoms with Crippen LogP contribution in [0.3, 0.4) is 0 Å². The maximum absolute atomic E-state index is 13.5. The number of hydrogen-bond donors (Lipinski definition) is 0. The van der Waals surface area contributed by atoms with Crippen molar-refractivity contribution in [2.75, 3.05) is 20.2 Å². The zero-order valence-electron chi connectivity index (χ0n) is 12.8. The van der Waals surface area contributed by atoms with E-state index in [0.29, 0.717) is 23.7 Å². The van der Waals surface area contributed by atoms with Crippen LogP contribution in [0.5, 0.6) is 5.75 Å². The van der Waals surface area contributed by atoms with Crippen molar-refractivity contribution in [2.45, 2.75) is 12.3 Å². The summed E-state index contributed by atoms with van der Waals surface area (Å²) in [5.74, 6) is -0.212. The Bertz CT molecular complexity index is 735. The van der Waals surface area contributed by atoms with E-state index in [9.17, 15) is 9.18 Å². The van der Waals surface area contributed by atoms with Crippen LogP contribution in [0, 0.1) is 5.82 Å². The quantitative estimate of drug-likeness (QED) is 0.845. The minimum atomic E-state index is -0.470. The molecule has 1 unspecified atom stereocenters. The van der Waals surface area contributed by atoms with E-state index in [0.717, 1.165) is 12.0 Å². The molecule has 3 nitrogen and oxygen atoms in total. The van der Waals surface area contributed by atoms with Crippen molar-refractivity contribution >= 4 is 17.5 Å². The molecule has 0 aliphatic carbocycles. The number of halogens is 2. The molecular formula is C18H17ClFNO2. The molecule has 1 atom stereocenters. The van der Waals surface area contributed by atoms with E-state index in [1.807, 2.05) is 24.3 Å². The number of carbonyl (C=O) groups is 1. The monoisotopic (exact) mass is 333 g/mol. The fraction of sp³-hybridized carbons (Fsp3) is 0.278. The van der Waals surface area contributed by atoms with Gasteiger partial charge in [-0.2, -0.15) is 0 Å². The molecule has 120 valence electrons. The Morgan fingerprint density at radius 2 is 2.13 bits per heavy atom. The Morgan fingerprint density at radius 1 is 1.30 bits per heavy atom. The van der Waals surface area contributed by atoms with Crippen molar-refractivity contribution in [1.29, 1.82) is 0 Å². The van der Waals surface area contributed by atoms with Crippen LogP contribution >= 0.6 is 11.6 Å². The van der Waals surface area contributed by atoms with Gasteiger partial charge in [-0.25, -0.2) is 4.39 Å². The number of amides is 1. The molecule has 1 fully saturated rings. The molecule has 0 radical (unpaired) electrons. The molecule has 1 saturated heterocycles. The molecule has 1 aliphatic rings. The van der Waals surface area contributed by atoms with Gasteiger partial charge < -0.3 is 9.64 Å². The average molecular weight is 334 g/mol. The molecule has 2 aromatic carbocycles. The third kappa shape index (κ3) is 3.32. The summed E-state index contributed by atoms with van der Waals surface area (Å²) in [6.07, 6.45) is 0.893. The predicted molar refractivity (Wildman–Crippen MR) is 87.7 cm³/mol. The number of likely N-dealkylation sites (tertiary alicyclic amines) is 1. The number of carbonyl (C=O) groups excluding carboxylic acids is 1. The molecule has 1 amide bonds. The minimum Gasteiger partial charge on any atom is -0.494 e. The van der Waals surface area contributed by atoms with Gasteiger partial charge in [0.1, 0.15) is 0 Å². The van der Waals surface area contributed by atoms with Crippen molar-refractivity contribution in [3.8, 4) is 5.75 Å². The molecule has 0 aromatic heterocycles. The summed E-state index contributed by atoms with van der Waals surface area (Å²) in [6, 6.07) is 11.9. The lowest BCUT2D eigenvalue weighted by molar-refractivity contribution is 0.0790. The van der Waals surface area contributed by atoms with E-state index in [1.54, 1.807) is 4.90 Å². The van der Waals surface area contributed by atoms with Crippen LogP contribution < -0.4 is 4.74 Å². The minimum absolute atomic E-state index is 0.0847. The largest absolute Gasteiger partial charge is 0.494 e. The van der Waals surface area contributed by atoms with Crippen LogP contribution in [0.25, 0.3) is 0 Å². The van der Waals surface area contributed by atoms with Crippen molar-refractivity contribution in [2.24, 2.45) is 0 Å². The van der Waals surface area contributed by atoms with Gasteiger partial charge in [0, 0.05) is 29.6 Å². The van der Waals surface area contributed by atoms with Crippen molar-refractivity contribution in [3.63, 3.8) is 0 Å². The van der Waals surface area contributed by atoms with E-state index in [2.05, 4.69) is 0 Å². The lowest BCUT2D eigenvalue weighted by Gasteiger charge is -2.17. The molecule has 23 heavy (non-hydrogen) atoms. The summed E-state index contributed by atoms with van der Waals surface area (Å²) < 4.78 is 18.4. The van der Waals surface area contributed by atoms with Crippen molar-refractivity contribution in [3.05, 3.63) is 64.4 Å². The molecule has 3 rings (SSSR count).